The zero-order chi connectivity index (χ0) is 17.6. The van der Waals surface area contributed by atoms with Crippen molar-refractivity contribution in [3.8, 4) is 0 Å². The maximum absolute atomic E-state index is 6.09. The number of nitrogens with zero attached hydrogens (tertiary/aromatic N) is 2. The first kappa shape index (κ1) is 16.6. The van der Waals surface area contributed by atoms with Crippen LogP contribution in [0.2, 0.25) is 0 Å². The summed E-state index contributed by atoms with van der Waals surface area (Å²) < 4.78 is 6.09. The second-order valence-electron chi connectivity index (χ2n) is 8.59. The first-order chi connectivity index (χ1) is 12.8. The van der Waals surface area contributed by atoms with Crippen molar-refractivity contribution >= 4 is 5.96 Å². The van der Waals surface area contributed by atoms with Gasteiger partial charge < -0.3 is 15.0 Å². The number of rotatable bonds is 3. The van der Waals surface area contributed by atoms with Crippen molar-refractivity contribution in [1.82, 2.24) is 10.2 Å². The van der Waals surface area contributed by atoms with Crippen LogP contribution in [0.15, 0.2) is 35.3 Å². The van der Waals surface area contributed by atoms with Gasteiger partial charge in [-0.15, -0.1) is 0 Å². The molecule has 1 N–H and O–H groups in total. The van der Waals surface area contributed by atoms with Crippen LogP contribution in [0.25, 0.3) is 0 Å². The lowest BCUT2D eigenvalue weighted by molar-refractivity contribution is -0.171. The fourth-order valence-corrected chi connectivity index (χ4v) is 5.93. The van der Waals surface area contributed by atoms with E-state index in [1.807, 2.05) is 0 Å². The number of ether oxygens (including phenoxy) is 1. The molecule has 4 fully saturated rings. The number of hydrogen-bond donors (Lipinski definition) is 1. The van der Waals surface area contributed by atoms with Crippen LogP contribution in [-0.2, 0) is 4.74 Å². The SMILES string of the molecule is CCN=C(NC1C2CCOC2C12CCC2)N1CCC(c2ccccc2)C1. The minimum Gasteiger partial charge on any atom is -0.377 e. The van der Waals surface area contributed by atoms with E-state index < -0.39 is 0 Å². The van der Waals surface area contributed by atoms with Crippen LogP contribution in [0.5, 0.6) is 0 Å². The third-order valence-corrected chi connectivity index (χ3v) is 7.39. The minimum absolute atomic E-state index is 0.411. The summed E-state index contributed by atoms with van der Waals surface area (Å²) in [5, 5.41) is 3.93. The highest BCUT2D eigenvalue weighted by molar-refractivity contribution is 5.81. The minimum atomic E-state index is 0.411. The van der Waals surface area contributed by atoms with Gasteiger partial charge in [-0.3, -0.25) is 4.99 Å². The molecule has 4 aliphatic rings. The van der Waals surface area contributed by atoms with Crippen molar-refractivity contribution in [2.75, 3.05) is 26.2 Å². The Balaban J connectivity index is 1.30. The zero-order valence-corrected chi connectivity index (χ0v) is 15.9. The topological polar surface area (TPSA) is 36.9 Å². The van der Waals surface area contributed by atoms with Crippen molar-refractivity contribution in [2.45, 2.75) is 57.1 Å². The van der Waals surface area contributed by atoms with Gasteiger partial charge in [-0.25, -0.2) is 0 Å². The van der Waals surface area contributed by atoms with Crippen molar-refractivity contribution in [3.63, 3.8) is 0 Å². The van der Waals surface area contributed by atoms with E-state index in [0.717, 1.165) is 32.2 Å². The molecule has 1 aromatic rings. The van der Waals surface area contributed by atoms with E-state index in [1.54, 1.807) is 0 Å². The number of likely N-dealkylation sites (tertiary alicyclic amines) is 1. The molecular formula is C22H31N3O. The molecule has 0 aromatic heterocycles. The van der Waals surface area contributed by atoms with E-state index in [2.05, 4.69) is 47.5 Å². The van der Waals surface area contributed by atoms with Gasteiger partial charge in [0.1, 0.15) is 0 Å². The van der Waals surface area contributed by atoms with Crippen molar-refractivity contribution < 1.29 is 4.74 Å². The van der Waals surface area contributed by atoms with E-state index in [1.165, 1.54) is 37.7 Å². The largest absolute Gasteiger partial charge is 0.377 e. The Morgan fingerprint density at radius 3 is 2.85 bits per heavy atom. The number of nitrogens with one attached hydrogen (secondary N) is 1. The summed E-state index contributed by atoms with van der Waals surface area (Å²) in [5.74, 6) is 2.47. The molecule has 4 unspecified atom stereocenters. The standard InChI is InChI=1S/C22H31N3O/c1-2-23-21(25-13-9-17(15-25)16-7-4-3-5-8-16)24-19-18-10-14-26-20(18)22(19)11-6-12-22/h3-5,7-8,17-20H,2,6,9-15H2,1H3,(H,23,24). The normalized spacial score (nSPS) is 35.1. The van der Waals surface area contributed by atoms with Gasteiger partial charge >= 0.3 is 0 Å². The molecule has 4 nitrogen and oxygen atoms in total. The molecule has 2 aliphatic heterocycles. The van der Waals surface area contributed by atoms with Gasteiger partial charge in [-0.2, -0.15) is 0 Å². The summed E-state index contributed by atoms with van der Waals surface area (Å²) >= 11 is 0. The van der Waals surface area contributed by atoms with Gasteiger partial charge in [0.25, 0.3) is 0 Å². The molecule has 2 aliphatic carbocycles. The Morgan fingerprint density at radius 2 is 2.12 bits per heavy atom. The zero-order valence-electron chi connectivity index (χ0n) is 15.9. The van der Waals surface area contributed by atoms with Gasteiger partial charge in [0.15, 0.2) is 5.96 Å². The highest BCUT2D eigenvalue weighted by atomic mass is 16.5. The highest BCUT2D eigenvalue weighted by Gasteiger charge is 2.66. The Morgan fingerprint density at radius 1 is 1.27 bits per heavy atom. The van der Waals surface area contributed by atoms with Gasteiger partial charge in [0.05, 0.1) is 6.10 Å². The average Bonchev–Trinajstić information content (AvgIpc) is 3.26. The number of aliphatic imine (C=N–C) groups is 1. The lowest BCUT2D eigenvalue weighted by Crippen LogP contribution is -2.72. The number of fused-ring (bicyclic) bond motifs is 2. The van der Waals surface area contributed by atoms with Crippen LogP contribution in [0.1, 0.15) is 50.5 Å². The van der Waals surface area contributed by atoms with Crippen LogP contribution >= 0.6 is 0 Å². The Hall–Kier alpha value is -1.55. The summed E-state index contributed by atoms with van der Waals surface area (Å²) in [6, 6.07) is 11.5. The summed E-state index contributed by atoms with van der Waals surface area (Å²) in [6.45, 7) is 6.14. The second-order valence-corrected chi connectivity index (χ2v) is 8.59. The number of hydrogen-bond acceptors (Lipinski definition) is 2. The lowest BCUT2D eigenvalue weighted by Gasteiger charge is -2.63. The molecule has 140 valence electrons. The number of guanidine groups is 1. The summed E-state index contributed by atoms with van der Waals surface area (Å²) in [7, 11) is 0. The fraction of sp³-hybridized carbons (Fsp3) is 0.682. The monoisotopic (exact) mass is 353 g/mol. The molecule has 0 radical (unpaired) electrons. The van der Waals surface area contributed by atoms with Crippen molar-refractivity contribution in [1.29, 1.82) is 0 Å². The fourth-order valence-electron chi connectivity index (χ4n) is 5.93. The molecule has 2 heterocycles. The predicted molar refractivity (Wildman–Crippen MR) is 104 cm³/mol. The molecule has 2 saturated carbocycles. The van der Waals surface area contributed by atoms with Gasteiger partial charge in [-0.05, 0) is 38.2 Å². The molecule has 4 atom stereocenters. The molecule has 1 spiro atoms. The molecule has 2 saturated heterocycles. The van der Waals surface area contributed by atoms with E-state index in [4.69, 9.17) is 9.73 Å². The summed E-state index contributed by atoms with van der Waals surface area (Å²) in [5.41, 5.74) is 1.88. The van der Waals surface area contributed by atoms with Gasteiger partial charge in [-0.1, -0.05) is 36.8 Å². The first-order valence-electron chi connectivity index (χ1n) is 10.5. The maximum Gasteiger partial charge on any atom is 0.194 e. The van der Waals surface area contributed by atoms with E-state index in [9.17, 15) is 0 Å². The second kappa shape index (κ2) is 6.56. The third-order valence-electron chi connectivity index (χ3n) is 7.39. The summed E-state index contributed by atoms with van der Waals surface area (Å²) in [4.78, 5) is 7.38. The van der Waals surface area contributed by atoms with Crippen LogP contribution in [0.4, 0.5) is 0 Å². The van der Waals surface area contributed by atoms with E-state index in [0.29, 0.717) is 29.4 Å². The Kier molecular flexibility index (Phi) is 4.19. The quantitative estimate of drug-likeness (QED) is 0.668. The summed E-state index contributed by atoms with van der Waals surface area (Å²) in [6.07, 6.45) is 6.99. The predicted octanol–water partition coefficient (Wildman–Crippen LogP) is 3.40. The van der Waals surface area contributed by atoms with E-state index in [-0.39, 0.29) is 0 Å². The van der Waals surface area contributed by atoms with Crippen LogP contribution < -0.4 is 5.32 Å². The van der Waals surface area contributed by atoms with Crippen LogP contribution in [0, 0.1) is 11.3 Å². The molecule has 5 rings (SSSR count). The molecule has 1 aromatic carbocycles. The lowest BCUT2D eigenvalue weighted by atomic mass is 9.46. The molecular weight excluding hydrogens is 322 g/mol. The maximum atomic E-state index is 6.09. The third kappa shape index (κ3) is 2.49. The smallest absolute Gasteiger partial charge is 0.194 e. The van der Waals surface area contributed by atoms with E-state index >= 15 is 0 Å². The first-order valence-corrected chi connectivity index (χ1v) is 10.5. The van der Waals surface area contributed by atoms with Crippen molar-refractivity contribution in [3.05, 3.63) is 35.9 Å². The average molecular weight is 354 g/mol. The molecule has 0 bridgehead atoms. The van der Waals surface area contributed by atoms with Gasteiger partial charge in [0, 0.05) is 49.5 Å². The molecule has 26 heavy (non-hydrogen) atoms. The van der Waals surface area contributed by atoms with Gasteiger partial charge in [0.2, 0.25) is 0 Å². The molecule has 4 heteroatoms. The van der Waals surface area contributed by atoms with Crippen LogP contribution in [-0.4, -0.2) is 49.2 Å². The van der Waals surface area contributed by atoms with Crippen molar-refractivity contribution in [2.24, 2.45) is 16.3 Å². The number of benzene rings is 1. The highest BCUT2D eigenvalue weighted by Crippen LogP contribution is 2.62. The Labute approximate surface area is 157 Å². The molecule has 0 amide bonds. The Bertz CT molecular complexity index is 669. The van der Waals surface area contributed by atoms with Crippen LogP contribution in [0.3, 0.4) is 0 Å².